The molecular formula is C20H23NO3S. The molecule has 25 heavy (non-hydrogen) atoms. The van der Waals surface area contributed by atoms with Crippen LogP contribution in [0.5, 0.6) is 5.75 Å². The van der Waals surface area contributed by atoms with Crippen LogP contribution < -0.4 is 10.1 Å². The molecule has 2 N–H and O–H groups in total. The lowest BCUT2D eigenvalue weighted by Crippen LogP contribution is -2.36. The maximum atomic E-state index is 12.5. The van der Waals surface area contributed by atoms with Crippen molar-refractivity contribution in [1.82, 2.24) is 5.32 Å². The number of carbonyl (C=O) groups is 1. The van der Waals surface area contributed by atoms with Gasteiger partial charge in [-0.15, -0.1) is 11.8 Å². The van der Waals surface area contributed by atoms with Gasteiger partial charge in [0, 0.05) is 17.7 Å². The van der Waals surface area contributed by atoms with E-state index < -0.39 is 6.10 Å². The first-order valence-electron chi connectivity index (χ1n) is 8.52. The van der Waals surface area contributed by atoms with E-state index in [9.17, 15) is 9.90 Å². The normalized spacial score (nSPS) is 18.6. The van der Waals surface area contributed by atoms with Gasteiger partial charge in [0.15, 0.2) is 0 Å². The van der Waals surface area contributed by atoms with Crippen LogP contribution in [0.2, 0.25) is 0 Å². The zero-order valence-electron chi connectivity index (χ0n) is 14.2. The molecule has 0 saturated heterocycles. The third-order valence-electron chi connectivity index (χ3n) is 4.33. The van der Waals surface area contributed by atoms with Crippen LogP contribution in [0.4, 0.5) is 0 Å². The molecule has 3 unspecified atom stereocenters. The average Bonchev–Trinajstić information content (AvgIpc) is 2.66. The molecule has 4 nitrogen and oxygen atoms in total. The predicted octanol–water partition coefficient (Wildman–Crippen LogP) is 3.48. The Bertz CT molecular complexity index is 707. The van der Waals surface area contributed by atoms with Crippen molar-refractivity contribution < 1.29 is 14.6 Å². The highest BCUT2D eigenvalue weighted by molar-refractivity contribution is 8.00. The molecule has 0 spiro atoms. The minimum atomic E-state index is -0.565. The van der Waals surface area contributed by atoms with E-state index in [1.54, 1.807) is 0 Å². The Morgan fingerprint density at radius 1 is 1.24 bits per heavy atom. The zero-order chi connectivity index (χ0) is 17.6. The van der Waals surface area contributed by atoms with Gasteiger partial charge in [0.05, 0.1) is 24.0 Å². The highest BCUT2D eigenvalue weighted by Gasteiger charge is 2.25. The van der Waals surface area contributed by atoms with Crippen molar-refractivity contribution in [3.63, 3.8) is 0 Å². The standard InChI is InChI=1S/C20H23NO3S/c1-14(25-13-18(22)15-7-3-2-4-8-15)20(23)21-17-11-12-24-19-10-6-5-9-16(17)19/h2-10,14,17-18,22H,11-13H2,1H3,(H,21,23). The molecule has 1 aliphatic heterocycles. The number of hydrogen-bond acceptors (Lipinski definition) is 4. The van der Waals surface area contributed by atoms with E-state index in [1.165, 1.54) is 11.8 Å². The van der Waals surface area contributed by atoms with Crippen LogP contribution in [0, 0.1) is 0 Å². The molecule has 3 rings (SSSR count). The molecule has 0 aromatic heterocycles. The van der Waals surface area contributed by atoms with Gasteiger partial charge in [-0.3, -0.25) is 4.79 Å². The first kappa shape index (κ1) is 17.8. The fraction of sp³-hybridized carbons (Fsp3) is 0.350. The van der Waals surface area contributed by atoms with Crippen LogP contribution in [0.3, 0.4) is 0 Å². The summed E-state index contributed by atoms with van der Waals surface area (Å²) < 4.78 is 5.63. The number of aliphatic hydroxyl groups excluding tert-OH is 1. The lowest BCUT2D eigenvalue weighted by Gasteiger charge is -2.27. The van der Waals surface area contributed by atoms with E-state index in [-0.39, 0.29) is 17.2 Å². The van der Waals surface area contributed by atoms with Gasteiger partial charge >= 0.3 is 0 Å². The fourth-order valence-electron chi connectivity index (χ4n) is 2.86. The Morgan fingerprint density at radius 3 is 2.76 bits per heavy atom. The van der Waals surface area contributed by atoms with Crippen LogP contribution in [-0.2, 0) is 4.79 Å². The second-order valence-electron chi connectivity index (χ2n) is 6.14. The molecule has 1 aliphatic rings. The van der Waals surface area contributed by atoms with E-state index in [4.69, 9.17) is 4.74 Å². The molecule has 2 aromatic rings. The van der Waals surface area contributed by atoms with Gasteiger partial charge in [0.1, 0.15) is 5.75 Å². The number of ether oxygens (including phenoxy) is 1. The Hall–Kier alpha value is -1.98. The molecule has 0 aliphatic carbocycles. The predicted molar refractivity (Wildman–Crippen MR) is 101 cm³/mol. The highest BCUT2D eigenvalue weighted by Crippen LogP contribution is 2.32. The number of fused-ring (bicyclic) bond motifs is 1. The van der Waals surface area contributed by atoms with Gasteiger partial charge in [0.2, 0.25) is 5.91 Å². The summed E-state index contributed by atoms with van der Waals surface area (Å²) in [4.78, 5) is 12.5. The molecule has 132 valence electrons. The maximum absolute atomic E-state index is 12.5. The number of aliphatic hydroxyl groups is 1. The second kappa shape index (κ2) is 8.41. The Balaban J connectivity index is 1.53. The van der Waals surface area contributed by atoms with Crippen molar-refractivity contribution in [2.75, 3.05) is 12.4 Å². The third-order valence-corrected chi connectivity index (χ3v) is 5.55. The van der Waals surface area contributed by atoms with Crippen molar-refractivity contribution in [2.24, 2.45) is 0 Å². The lowest BCUT2D eigenvalue weighted by molar-refractivity contribution is -0.121. The average molecular weight is 357 g/mol. The van der Waals surface area contributed by atoms with E-state index in [1.807, 2.05) is 61.5 Å². The summed E-state index contributed by atoms with van der Waals surface area (Å²) in [5, 5.41) is 13.1. The molecular weight excluding hydrogens is 334 g/mol. The highest BCUT2D eigenvalue weighted by atomic mass is 32.2. The molecule has 0 fully saturated rings. The van der Waals surface area contributed by atoms with E-state index in [2.05, 4.69) is 5.32 Å². The van der Waals surface area contributed by atoms with Crippen molar-refractivity contribution >= 4 is 17.7 Å². The largest absolute Gasteiger partial charge is 0.493 e. The van der Waals surface area contributed by atoms with E-state index >= 15 is 0 Å². The molecule has 0 radical (unpaired) electrons. The second-order valence-corrected chi connectivity index (χ2v) is 7.51. The SMILES string of the molecule is CC(SCC(O)c1ccccc1)C(=O)NC1CCOc2ccccc21. The summed E-state index contributed by atoms with van der Waals surface area (Å²) in [6.45, 7) is 2.49. The molecule has 0 saturated carbocycles. The summed E-state index contributed by atoms with van der Waals surface area (Å²) in [7, 11) is 0. The van der Waals surface area contributed by atoms with Crippen LogP contribution in [0.15, 0.2) is 54.6 Å². The van der Waals surface area contributed by atoms with Gasteiger partial charge < -0.3 is 15.2 Å². The molecule has 3 atom stereocenters. The summed E-state index contributed by atoms with van der Waals surface area (Å²) in [5.74, 6) is 1.33. The number of thioether (sulfide) groups is 1. The van der Waals surface area contributed by atoms with E-state index in [0.29, 0.717) is 12.4 Å². The van der Waals surface area contributed by atoms with Crippen LogP contribution in [-0.4, -0.2) is 28.6 Å². The van der Waals surface area contributed by atoms with Gasteiger partial charge in [-0.05, 0) is 18.6 Å². The topological polar surface area (TPSA) is 58.6 Å². The van der Waals surface area contributed by atoms with Crippen molar-refractivity contribution in [2.45, 2.75) is 30.7 Å². The summed E-state index contributed by atoms with van der Waals surface area (Å²) in [6.07, 6.45) is 0.206. The fourth-order valence-corrected chi connectivity index (χ4v) is 3.75. The number of benzene rings is 2. The number of hydrogen-bond donors (Lipinski definition) is 2. The minimum absolute atomic E-state index is 0.00744. The minimum Gasteiger partial charge on any atom is -0.493 e. The lowest BCUT2D eigenvalue weighted by atomic mass is 10.0. The summed E-state index contributed by atoms with van der Waals surface area (Å²) in [6, 6.07) is 17.3. The first-order chi connectivity index (χ1) is 12.1. The number of carbonyl (C=O) groups excluding carboxylic acids is 1. The third kappa shape index (κ3) is 4.55. The van der Waals surface area contributed by atoms with Crippen LogP contribution >= 0.6 is 11.8 Å². The van der Waals surface area contributed by atoms with E-state index in [0.717, 1.165) is 23.3 Å². The Labute approximate surface area is 152 Å². The summed E-state index contributed by atoms with van der Waals surface area (Å²) in [5.41, 5.74) is 1.91. The maximum Gasteiger partial charge on any atom is 0.233 e. The van der Waals surface area contributed by atoms with Crippen molar-refractivity contribution in [3.05, 3.63) is 65.7 Å². The van der Waals surface area contributed by atoms with Gasteiger partial charge in [-0.1, -0.05) is 48.5 Å². The quantitative estimate of drug-likeness (QED) is 0.831. The number of para-hydroxylation sites is 1. The summed E-state index contributed by atoms with van der Waals surface area (Å²) >= 11 is 1.46. The molecule has 1 amide bonds. The molecule has 1 heterocycles. The number of amides is 1. The van der Waals surface area contributed by atoms with Gasteiger partial charge in [-0.25, -0.2) is 0 Å². The monoisotopic (exact) mass is 357 g/mol. The number of nitrogens with one attached hydrogen (secondary N) is 1. The van der Waals surface area contributed by atoms with Gasteiger partial charge in [-0.2, -0.15) is 0 Å². The van der Waals surface area contributed by atoms with Crippen LogP contribution in [0.1, 0.15) is 36.6 Å². The Morgan fingerprint density at radius 2 is 1.96 bits per heavy atom. The number of rotatable bonds is 6. The zero-order valence-corrected chi connectivity index (χ0v) is 15.0. The first-order valence-corrected chi connectivity index (χ1v) is 9.56. The molecule has 0 bridgehead atoms. The molecule has 5 heteroatoms. The van der Waals surface area contributed by atoms with Crippen LogP contribution in [0.25, 0.3) is 0 Å². The van der Waals surface area contributed by atoms with Crippen molar-refractivity contribution in [3.8, 4) is 5.75 Å². The van der Waals surface area contributed by atoms with Gasteiger partial charge in [0.25, 0.3) is 0 Å². The smallest absolute Gasteiger partial charge is 0.233 e. The molecule has 2 aromatic carbocycles. The Kier molecular flexibility index (Phi) is 6.00. The van der Waals surface area contributed by atoms with Crippen molar-refractivity contribution in [1.29, 1.82) is 0 Å².